The zero-order valence-corrected chi connectivity index (χ0v) is 24.0. The first-order valence-electron chi connectivity index (χ1n) is 14.3. The number of carbonyl (C=O) groups is 2. The molecule has 212 valence electrons. The average molecular weight is 551 g/mol. The first-order chi connectivity index (χ1) is 19.9. The second-order valence-electron chi connectivity index (χ2n) is 10.8. The molecule has 5 rings (SSSR count). The van der Waals surface area contributed by atoms with Gasteiger partial charge in [-0.1, -0.05) is 42.2 Å². The van der Waals surface area contributed by atoms with Crippen molar-refractivity contribution in [2.24, 2.45) is 0 Å². The lowest BCUT2D eigenvalue weighted by Crippen LogP contribution is -2.69. The molecule has 0 bridgehead atoms. The lowest BCUT2D eigenvalue weighted by Gasteiger charge is -2.58. The number of hydrogen-bond acceptors (Lipinski definition) is 4. The van der Waals surface area contributed by atoms with Crippen LogP contribution in [0.1, 0.15) is 42.4 Å². The molecule has 2 saturated heterocycles. The first-order valence-corrected chi connectivity index (χ1v) is 14.3. The van der Waals surface area contributed by atoms with Gasteiger partial charge in [-0.05, 0) is 73.5 Å². The Labute approximate surface area is 243 Å². The van der Waals surface area contributed by atoms with Gasteiger partial charge in [-0.15, -0.1) is 0 Å². The van der Waals surface area contributed by atoms with Crippen LogP contribution >= 0.6 is 0 Å². The quantitative estimate of drug-likeness (QED) is 0.453. The highest BCUT2D eigenvalue weighted by Crippen LogP contribution is 2.42. The number of likely N-dealkylation sites (N-methyl/N-ethyl adjacent to an activating group) is 1. The summed E-state index contributed by atoms with van der Waals surface area (Å²) in [6.07, 6.45) is 1.94. The summed E-state index contributed by atoms with van der Waals surface area (Å²) in [7, 11) is 3.50. The lowest BCUT2D eigenvalue weighted by molar-refractivity contribution is -0.130. The Balaban J connectivity index is 1.36. The maximum atomic E-state index is 13.4. The summed E-state index contributed by atoms with van der Waals surface area (Å²) < 4.78 is 5.24. The fourth-order valence-electron chi connectivity index (χ4n) is 5.87. The summed E-state index contributed by atoms with van der Waals surface area (Å²) in [6.45, 7) is 4.58. The molecule has 0 saturated carbocycles. The molecule has 3 aromatic rings. The van der Waals surface area contributed by atoms with Gasteiger partial charge in [0.1, 0.15) is 5.75 Å². The predicted octanol–water partition coefficient (Wildman–Crippen LogP) is 5.04. The minimum absolute atomic E-state index is 0.0614. The van der Waals surface area contributed by atoms with Gasteiger partial charge in [0, 0.05) is 68.4 Å². The molecule has 7 heteroatoms. The van der Waals surface area contributed by atoms with Crippen LogP contribution in [0.4, 0.5) is 10.5 Å². The van der Waals surface area contributed by atoms with Crippen LogP contribution < -0.4 is 10.1 Å². The van der Waals surface area contributed by atoms with Crippen LogP contribution in [-0.2, 0) is 4.79 Å². The van der Waals surface area contributed by atoms with E-state index in [0.717, 1.165) is 42.0 Å². The number of nitrogens with one attached hydrogen (secondary N) is 1. The molecule has 1 N–H and O–H groups in total. The first kappa shape index (κ1) is 28.3. The van der Waals surface area contributed by atoms with E-state index < -0.39 is 0 Å². The van der Waals surface area contributed by atoms with Crippen molar-refractivity contribution in [1.29, 1.82) is 0 Å². The van der Waals surface area contributed by atoms with Gasteiger partial charge in [0.05, 0.1) is 7.11 Å². The van der Waals surface area contributed by atoms with E-state index in [9.17, 15) is 9.59 Å². The van der Waals surface area contributed by atoms with Gasteiger partial charge in [0.15, 0.2) is 0 Å². The number of benzene rings is 3. The number of urea groups is 1. The number of fused-ring (bicyclic) bond motifs is 1. The van der Waals surface area contributed by atoms with E-state index in [2.05, 4.69) is 46.3 Å². The SMILES string of the molecule is COc1ccc(NC(=O)N2CCCCN3C(CN(C)C(C)=O)C(c4ccc(C#Cc5ccccc5)cc4)C3C2)cc1. The van der Waals surface area contributed by atoms with Crippen molar-refractivity contribution in [3.05, 3.63) is 95.6 Å². The molecule has 2 fully saturated rings. The summed E-state index contributed by atoms with van der Waals surface area (Å²) in [5.74, 6) is 7.50. The van der Waals surface area contributed by atoms with Gasteiger partial charge in [0.25, 0.3) is 0 Å². The van der Waals surface area contributed by atoms with Crippen LogP contribution in [0.3, 0.4) is 0 Å². The highest BCUT2D eigenvalue weighted by Gasteiger charge is 2.50. The zero-order chi connectivity index (χ0) is 28.8. The van der Waals surface area contributed by atoms with Crippen LogP contribution in [0.5, 0.6) is 5.75 Å². The maximum Gasteiger partial charge on any atom is 0.321 e. The van der Waals surface area contributed by atoms with Crippen LogP contribution in [0, 0.1) is 11.8 Å². The largest absolute Gasteiger partial charge is 0.497 e. The van der Waals surface area contributed by atoms with Crippen molar-refractivity contribution in [3.63, 3.8) is 0 Å². The molecule has 0 aliphatic carbocycles. The highest BCUT2D eigenvalue weighted by atomic mass is 16.5. The average Bonchev–Trinajstić information content (AvgIpc) is 2.98. The Hall–Kier alpha value is -4.28. The third-order valence-electron chi connectivity index (χ3n) is 8.23. The number of ether oxygens (including phenoxy) is 1. The van der Waals surface area contributed by atoms with Gasteiger partial charge >= 0.3 is 6.03 Å². The van der Waals surface area contributed by atoms with Crippen LogP contribution in [0.25, 0.3) is 0 Å². The minimum Gasteiger partial charge on any atom is -0.497 e. The molecule has 2 aliphatic rings. The monoisotopic (exact) mass is 550 g/mol. The van der Waals surface area contributed by atoms with Gasteiger partial charge in [-0.25, -0.2) is 4.79 Å². The zero-order valence-electron chi connectivity index (χ0n) is 24.0. The third kappa shape index (κ3) is 6.72. The minimum atomic E-state index is -0.0911. The Morgan fingerprint density at radius 2 is 1.59 bits per heavy atom. The predicted molar refractivity (Wildman–Crippen MR) is 162 cm³/mol. The number of methoxy groups -OCH3 is 1. The Morgan fingerprint density at radius 3 is 2.24 bits per heavy atom. The van der Waals surface area contributed by atoms with Crippen molar-refractivity contribution in [2.45, 2.75) is 37.8 Å². The van der Waals surface area contributed by atoms with Crippen LogP contribution in [0.2, 0.25) is 0 Å². The van der Waals surface area contributed by atoms with Gasteiger partial charge in [-0.2, -0.15) is 0 Å². The standard InChI is InChI=1S/C34H38N4O3/c1-25(39)36(2)23-31-33(28-15-13-27(14-16-28)12-11-26-9-5-4-6-10-26)32-24-37(21-7-8-22-38(31)32)34(40)35-29-17-19-30(41-3)20-18-29/h4-6,9-10,13-20,31-33H,7-8,21-24H2,1-3H3,(H,35,40). The molecular formula is C34H38N4O3. The molecule has 0 radical (unpaired) electrons. The summed E-state index contributed by atoms with van der Waals surface area (Å²) in [5.41, 5.74) is 3.91. The molecular weight excluding hydrogens is 512 g/mol. The van der Waals surface area contributed by atoms with Crippen molar-refractivity contribution in [1.82, 2.24) is 14.7 Å². The summed E-state index contributed by atoms with van der Waals surface area (Å²) in [6, 6.07) is 26.1. The van der Waals surface area contributed by atoms with Crippen molar-refractivity contribution >= 4 is 17.6 Å². The number of amides is 3. The lowest BCUT2D eigenvalue weighted by atomic mass is 9.73. The summed E-state index contributed by atoms with van der Waals surface area (Å²) >= 11 is 0. The second-order valence-corrected chi connectivity index (χ2v) is 10.8. The van der Waals surface area contributed by atoms with E-state index >= 15 is 0 Å². The summed E-state index contributed by atoms with van der Waals surface area (Å²) in [5, 5.41) is 3.06. The molecule has 7 nitrogen and oxygen atoms in total. The van der Waals surface area contributed by atoms with Crippen molar-refractivity contribution in [2.75, 3.05) is 45.7 Å². The van der Waals surface area contributed by atoms with Crippen molar-refractivity contribution in [3.8, 4) is 17.6 Å². The van der Waals surface area contributed by atoms with E-state index in [0.29, 0.717) is 19.6 Å². The molecule has 0 aromatic heterocycles. The summed E-state index contributed by atoms with van der Waals surface area (Å²) in [4.78, 5) is 31.8. The molecule has 3 unspecified atom stereocenters. The van der Waals surface area contributed by atoms with E-state index in [1.807, 2.05) is 66.5 Å². The fourth-order valence-corrected chi connectivity index (χ4v) is 5.87. The van der Waals surface area contributed by atoms with Gasteiger partial charge < -0.3 is 19.9 Å². The topological polar surface area (TPSA) is 65.1 Å². The molecule has 3 atom stereocenters. The molecule has 2 heterocycles. The van der Waals surface area contributed by atoms with Gasteiger partial charge in [-0.3, -0.25) is 9.69 Å². The Kier molecular flexibility index (Phi) is 8.91. The third-order valence-corrected chi connectivity index (χ3v) is 8.23. The molecule has 2 aliphatic heterocycles. The van der Waals surface area contributed by atoms with E-state index in [4.69, 9.17) is 4.74 Å². The highest BCUT2D eigenvalue weighted by molar-refractivity contribution is 5.89. The number of rotatable bonds is 5. The number of anilines is 1. The molecule has 41 heavy (non-hydrogen) atoms. The molecule has 3 amide bonds. The number of hydrogen-bond donors (Lipinski definition) is 1. The number of nitrogens with zero attached hydrogens (tertiary/aromatic N) is 3. The fraction of sp³-hybridized carbons (Fsp3) is 0.353. The normalized spacial score (nSPS) is 20.3. The van der Waals surface area contributed by atoms with Crippen molar-refractivity contribution < 1.29 is 14.3 Å². The smallest absolute Gasteiger partial charge is 0.321 e. The van der Waals surface area contributed by atoms with Crippen LogP contribution in [-0.4, -0.2) is 79.1 Å². The van der Waals surface area contributed by atoms with E-state index in [1.165, 1.54) is 5.56 Å². The van der Waals surface area contributed by atoms with E-state index in [1.54, 1.807) is 18.9 Å². The Bertz CT molecular complexity index is 1400. The molecule has 0 spiro atoms. The van der Waals surface area contributed by atoms with E-state index in [-0.39, 0.29) is 29.9 Å². The van der Waals surface area contributed by atoms with Crippen LogP contribution in [0.15, 0.2) is 78.9 Å². The van der Waals surface area contributed by atoms with Gasteiger partial charge in [0.2, 0.25) is 5.91 Å². The maximum absolute atomic E-state index is 13.4. The molecule has 3 aromatic carbocycles. The second kappa shape index (κ2) is 12.9. The Morgan fingerprint density at radius 1 is 0.927 bits per heavy atom. The number of carbonyl (C=O) groups excluding carboxylic acids is 2.